The van der Waals surface area contributed by atoms with Crippen molar-refractivity contribution in [2.45, 2.75) is 45.9 Å². The van der Waals surface area contributed by atoms with Crippen molar-refractivity contribution in [3.05, 3.63) is 11.6 Å². The molecule has 1 atom stereocenters. The minimum absolute atomic E-state index is 0.0359. The van der Waals surface area contributed by atoms with Gasteiger partial charge in [0.25, 0.3) is 0 Å². The highest BCUT2D eigenvalue weighted by atomic mass is 16.2. The molecule has 1 aliphatic rings. The summed E-state index contributed by atoms with van der Waals surface area (Å²) in [4.78, 5) is 11.8. The maximum atomic E-state index is 11.8. The highest BCUT2D eigenvalue weighted by molar-refractivity contribution is 5.82. The Hall–Kier alpha value is -1.43. The predicted molar refractivity (Wildman–Crippen MR) is 58.7 cm³/mol. The molecule has 0 saturated carbocycles. The predicted octanol–water partition coefficient (Wildman–Crippen LogP) is -0.417. The van der Waals surface area contributed by atoms with E-state index in [1.165, 1.54) is 0 Å². The van der Waals surface area contributed by atoms with Crippen molar-refractivity contribution >= 4 is 5.91 Å². The lowest BCUT2D eigenvalue weighted by Gasteiger charge is -2.25. The van der Waals surface area contributed by atoms with Gasteiger partial charge in [0.05, 0.1) is 6.54 Å². The van der Waals surface area contributed by atoms with E-state index in [4.69, 9.17) is 0 Å². The first kappa shape index (κ1) is 11.1. The van der Waals surface area contributed by atoms with E-state index < -0.39 is 0 Å². The van der Waals surface area contributed by atoms with Crippen molar-refractivity contribution in [1.82, 2.24) is 25.4 Å². The maximum absolute atomic E-state index is 11.8. The van der Waals surface area contributed by atoms with E-state index in [9.17, 15) is 4.79 Å². The molecule has 6 heteroatoms. The van der Waals surface area contributed by atoms with Gasteiger partial charge in [0.1, 0.15) is 17.7 Å². The Kier molecular flexibility index (Phi) is 2.91. The van der Waals surface area contributed by atoms with Gasteiger partial charge in [-0.2, -0.15) is 0 Å². The van der Waals surface area contributed by atoms with Gasteiger partial charge in [-0.15, -0.1) is 10.2 Å². The minimum Gasteiger partial charge on any atom is -0.353 e. The number of fused-ring (bicyclic) bond motifs is 1. The van der Waals surface area contributed by atoms with Gasteiger partial charge in [-0.1, -0.05) is 0 Å². The van der Waals surface area contributed by atoms with Crippen molar-refractivity contribution in [1.29, 1.82) is 0 Å². The Balaban J connectivity index is 2.07. The normalized spacial score (nSPS) is 19.6. The number of carbonyl (C=O) groups is 1. The van der Waals surface area contributed by atoms with Gasteiger partial charge in [-0.05, 0) is 20.8 Å². The quantitative estimate of drug-likeness (QED) is 0.714. The van der Waals surface area contributed by atoms with E-state index in [0.29, 0.717) is 13.1 Å². The lowest BCUT2D eigenvalue weighted by Crippen LogP contribution is -2.51. The highest BCUT2D eigenvalue weighted by Gasteiger charge is 2.26. The number of carbonyl (C=O) groups excluding carboxylic acids is 1. The molecule has 16 heavy (non-hydrogen) atoms. The molecule has 0 fully saturated rings. The van der Waals surface area contributed by atoms with Gasteiger partial charge in [0.2, 0.25) is 5.91 Å². The van der Waals surface area contributed by atoms with Crippen LogP contribution in [-0.4, -0.2) is 32.8 Å². The standard InChI is InChI=1S/C10H17N5O/c1-6(2)12-10(16)8-5-15-7(3)13-14-9(15)4-11-8/h6,8,11H,4-5H2,1-3H3,(H,12,16). The van der Waals surface area contributed by atoms with Crippen LogP contribution in [0.25, 0.3) is 0 Å². The molecule has 2 N–H and O–H groups in total. The molecule has 1 amide bonds. The van der Waals surface area contributed by atoms with Gasteiger partial charge in [0.15, 0.2) is 0 Å². The number of aryl methyl sites for hydroxylation is 1. The smallest absolute Gasteiger partial charge is 0.239 e. The molecular weight excluding hydrogens is 206 g/mol. The summed E-state index contributed by atoms with van der Waals surface area (Å²) in [5, 5.41) is 14.1. The van der Waals surface area contributed by atoms with Crippen LogP contribution >= 0.6 is 0 Å². The van der Waals surface area contributed by atoms with Gasteiger partial charge >= 0.3 is 0 Å². The fraction of sp³-hybridized carbons (Fsp3) is 0.700. The molecule has 1 aromatic rings. The number of aromatic nitrogens is 3. The van der Waals surface area contributed by atoms with E-state index in [1.54, 1.807) is 0 Å². The van der Waals surface area contributed by atoms with Gasteiger partial charge in [-0.3, -0.25) is 10.1 Å². The number of rotatable bonds is 2. The minimum atomic E-state index is -0.190. The van der Waals surface area contributed by atoms with E-state index >= 15 is 0 Å². The Labute approximate surface area is 94.4 Å². The van der Waals surface area contributed by atoms with Gasteiger partial charge in [0, 0.05) is 12.6 Å². The molecule has 1 aromatic heterocycles. The van der Waals surface area contributed by atoms with Crippen molar-refractivity contribution < 1.29 is 4.79 Å². The van der Waals surface area contributed by atoms with Crippen molar-refractivity contribution in [3.8, 4) is 0 Å². The third-order valence-electron chi connectivity index (χ3n) is 2.63. The van der Waals surface area contributed by atoms with Crippen molar-refractivity contribution in [2.24, 2.45) is 0 Å². The molecule has 0 saturated heterocycles. The molecule has 1 unspecified atom stereocenters. The van der Waals surface area contributed by atoms with Crippen LogP contribution in [0.1, 0.15) is 25.5 Å². The van der Waals surface area contributed by atoms with E-state index in [-0.39, 0.29) is 18.0 Å². The molecule has 0 spiro atoms. The average molecular weight is 223 g/mol. The summed E-state index contributed by atoms with van der Waals surface area (Å²) in [7, 11) is 0. The molecule has 2 heterocycles. The van der Waals surface area contributed by atoms with Crippen LogP contribution in [0.3, 0.4) is 0 Å². The summed E-state index contributed by atoms with van der Waals surface area (Å²) in [6.07, 6.45) is 0. The van der Waals surface area contributed by atoms with Crippen LogP contribution in [-0.2, 0) is 17.9 Å². The molecule has 88 valence electrons. The number of nitrogens with zero attached hydrogens (tertiary/aromatic N) is 3. The summed E-state index contributed by atoms with van der Waals surface area (Å²) < 4.78 is 1.99. The SMILES string of the molecule is Cc1nnc2n1CC(C(=O)NC(C)C)NC2. The zero-order valence-corrected chi connectivity index (χ0v) is 9.82. The molecule has 0 aliphatic carbocycles. The van der Waals surface area contributed by atoms with Crippen LogP contribution in [0.2, 0.25) is 0 Å². The highest BCUT2D eigenvalue weighted by Crippen LogP contribution is 2.08. The summed E-state index contributed by atoms with van der Waals surface area (Å²) >= 11 is 0. The Morgan fingerprint density at radius 1 is 1.56 bits per heavy atom. The first-order valence-corrected chi connectivity index (χ1v) is 5.50. The third kappa shape index (κ3) is 2.06. The van der Waals surface area contributed by atoms with Crippen LogP contribution in [0.15, 0.2) is 0 Å². The van der Waals surface area contributed by atoms with Crippen molar-refractivity contribution in [3.63, 3.8) is 0 Å². The second kappa shape index (κ2) is 4.21. The summed E-state index contributed by atoms with van der Waals surface area (Å²) in [6.45, 7) is 7.01. The number of hydrogen-bond acceptors (Lipinski definition) is 4. The second-order valence-electron chi connectivity index (χ2n) is 4.37. The molecule has 0 radical (unpaired) electrons. The van der Waals surface area contributed by atoms with Crippen LogP contribution in [0.4, 0.5) is 0 Å². The molecule has 0 aromatic carbocycles. The summed E-state index contributed by atoms with van der Waals surface area (Å²) in [5.74, 6) is 1.79. The summed E-state index contributed by atoms with van der Waals surface area (Å²) in [5.41, 5.74) is 0. The zero-order chi connectivity index (χ0) is 11.7. The Morgan fingerprint density at radius 3 is 3.00 bits per heavy atom. The van der Waals surface area contributed by atoms with Crippen molar-refractivity contribution in [2.75, 3.05) is 0 Å². The van der Waals surface area contributed by atoms with E-state index in [0.717, 1.165) is 11.6 Å². The van der Waals surface area contributed by atoms with Crippen LogP contribution < -0.4 is 10.6 Å². The number of hydrogen-bond donors (Lipinski definition) is 2. The number of amides is 1. The zero-order valence-electron chi connectivity index (χ0n) is 9.82. The Morgan fingerprint density at radius 2 is 2.31 bits per heavy atom. The van der Waals surface area contributed by atoms with Gasteiger partial charge in [-0.25, -0.2) is 0 Å². The van der Waals surface area contributed by atoms with Crippen LogP contribution in [0, 0.1) is 6.92 Å². The molecular formula is C10H17N5O. The fourth-order valence-corrected chi connectivity index (χ4v) is 1.82. The summed E-state index contributed by atoms with van der Waals surface area (Å²) in [6, 6.07) is -0.0256. The Bertz CT molecular complexity index is 398. The first-order chi connectivity index (χ1) is 7.58. The lowest BCUT2D eigenvalue weighted by molar-refractivity contribution is -0.124. The second-order valence-corrected chi connectivity index (χ2v) is 4.37. The van der Waals surface area contributed by atoms with E-state index in [2.05, 4.69) is 20.8 Å². The topological polar surface area (TPSA) is 71.8 Å². The van der Waals surface area contributed by atoms with Gasteiger partial charge < -0.3 is 9.88 Å². The lowest BCUT2D eigenvalue weighted by atomic mass is 10.2. The molecule has 2 rings (SSSR count). The van der Waals surface area contributed by atoms with Crippen LogP contribution in [0.5, 0.6) is 0 Å². The average Bonchev–Trinajstić information content (AvgIpc) is 2.59. The monoisotopic (exact) mass is 223 g/mol. The largest absolute Gasteiger partial charge is 0.353 e. The molecule has 0 bridgehead atoms. The molecule has 6 nitrogen and oxygen atoms in total. The number of nitrogens with one attached hydrogen (secondary N) is 2. The molecule has 1 aliphatic heterocycles. The third-order valence-corrected chi connectivity index (χ3v) is 2.63. The first-order valence-electron chi connectivity index (χ1n) is 5.50. The maximum Gasteiger partial charge on any atom is 0.239 e. The van der Waals surface area contributed by atoms with E-state index in [1.807, 2.05) is 25.3 Å². The fourth-order valence-electron chi connectivity index (χ4n) is 1.82.